The van der Waals surface area contributed by atoms with E-state index in [9.17, 15) is 9.59 Å². The molecule has 0 aromatic heterocycles. The quantitative estimate of drug-likeness (QED) is 0.796. The summed E-state index contributed by atoms with van der Waals surface area (Å²) in [6, 6.07) is 9.55. The van der Waals surface area contributed by atoms with Gasteiger partial charge in [0.2, 0.25) is 0 Å². The van der Waals surface area contributed by atoms with Crippen LogP contribution in [0.25, 0.3) is 0 Å². The van der Waals surface area contributed by atoms with E-state index in [0.29, 0.717) is 19.4 Å². The van der Waals surface area contributed by atoms with Gasteiger partial charge in [0.05, 0.1) is 12.5 Å². The van der Waals surface area contributed by atoms with Gasteiger partial charge in [-0.15, -0.1) is 0 Å². The highest BCUT2D eigenvalue weighted by molar-refractivity contribution is 5.86. The van der Waals surface area contributed by atoms with Crippen molar-refractivity contribution in [2.75, 3.05) is 6.54 Å². The van der Waals surface area contributed by atoms with Gasteiger partial charge in [-0.2, -0.15) is 0 Å². The van der Waals surface area contributed by atoms with Crippen LogP contribution in [0, 0.1) is 11.8 Å². The van der Waals surface area contributed by atoms with Gasteiger partial charge in [0.25, 0.3) is 0 Å². The largest absolute Gasteiger partial charge is 0.461 e. The van der Waals surface area contributed by atoms with Crippen LogP contribution in [0.2, 0.25) is 0 Å². The molecular formula is C14H17NO3. The Morgan fingerprint density at radius 2 is 1.83 bits per heavy atom. The Morgan fingerprint density at radius 1 is 1.17 bits per heavy atom. The van der Waals surface area contributed by atoms with Gasteiger partial charge in [-0.3, -0.25) is 9.59 Å². The lowest BCUT2D eigenvalue weighted by Gasteiger charge is -2.32. The van der Waals surface area contributed by atoms with E-state index in [1.54, 1.807) is 0 Å². The molecule has 18 heavy (non-hydrogen) atoms. The van der Waals surface area contributed by atoms with E-state index < -0.39 is 0 Å². The van der Waals surface area contributed by atoms with Crippen LogP contribution in [0.4, 0.5) is 0 Å². The summed E-state index contributed by atoms with van der Waals surface area (Å²) in [7, 11) is 0. The zero-order valence-corrected chi connectivity index (χ0v) is 10.2. The molecule has 1 aromatic carbocycles. The Morgan fingerprint density at radius 3 is 2.44 bits per heavy atom. The number of Topliss-reactive ketones (excluding diaryl/α,β-unsaturated/α-hetero) is 1. The monoisotopic (exact) mass is 247 g/mol. The zero-order valence-electron chi connectivity index (χ0n) is 10.2. The maximum atomic E-state index is 11.7. The number of esters is 1. The lowest BCUT2D eigenvalue weighted by molar-refractivity contribution is -0.155. The third kappa shape index (κ3) is 2.96. The maximum Gasteiger partial charge on any atom is 0.309 e. The SMILES string of the molecule is NCC(=O)C1CC(C(=O)OCc2ccccc2)C1. The van der Waals surface area contributed by atoms with Crippen LogP contribution in [0.15, 0.2) is 30.3 Å². The van der Waals surface area contributed by atoms with Gasteiger partial charge in [-0.25, -0.2) is 0 Å². The number of ketones is 1. The van der Waals surface area contributed by atoms with E-state index in [0.717, 1.165) is 5.56 Å². The number of nitrogens with two attached hydrogens (primary N) is 1. The molecule has 0 unspecified atom stereocenters. The average molecular weight is 247 g/mol. The first-order chi connectivity index (χ1) is 8.70. The van der Waals surface area contributed by atoms with Gasteiger partial charge in [-0.05, 0) is 18.4 Å². The van der Waals surface area contributed by atoms with E-state index >= 15 is 0 Å². The molecule has 2 N–H and O–H groups in total. The van der Waals surface area contributed by atoms with Crippen molar-refractivity contribution < 1.29 is 14.3 Å². The number of carbonyl (C=O) groups excluding carboxylic acids is 2. The van der Waals surface area contributed by atoms with Crippen LogP contribution in [-0.2, 0) is 20.9 Å². The van der Waals surface area contributed by atoms with Crippen molar-refractivity contribution in [3.63, 3.8) is 0 Å². The molecule has 0 saturated heterocycles. The second-order valence-corrected chi connectivity index (χ2v) is 4.63. The van der Waals surface area contributed by atoms with Crippen molar-refractivity contribution in [2.45, 2.75) is 19.4 Å². The molecule has 96 valence electrons. The number of hydrogen-bond donors (Lipinski definition) is 1. The Kier molecular flexibility index (Phi) is 4.10. The molecule has 0 aliphatic heterocycles. The smallest absolute Gasteiger partial charge is 0.309 e. The summed E-state index contributed by atoms with van der Waals surface area (Å²) in [5.41, 5.74) is 6.24. The molecule has 4 nitrogen and oxygen atoms in total. The summed E-state index contributed by atoms with van der Waals surface area (Å²) in [4.78, 5) is 23.0. The third-order valence-corrected chi connectivity index (χ3v) is 3.35. The fourth-order valence-electron chi connectivity index (χ4n) is 2.09. The van der Waals surface area contributed by atoms with Crippen LogP contribution in [0.3, 0.4) is 0 Å². The molecule has 0 bridgehead atoms. The summed E-state index contributed by atoms with van der Waals surface area (Å²) in [5.74, 6) is -0.333. The molecule has 2 rings (SSSR count). The Hall–Kier alpha value is -1.68. The number of hydrogen-bond acceptors (Lipinski definition) is 4. The van der Waals surface area contributed by atoms with Crippen LogP contribution in [0.5, 0.6) is 0 Å². The van der Waals surface area contributed by atoms with Gasteiger partial charge >= 0.3 is 5.97 Å². The summed E-state index contributed by atoms with van der Waals surface area (Å²) in [5, 5.41) is 0. The van der Waals surface area contributed by atoms with Crippen molar-refractivity contribution in [2.24, 2.45) is 17.6 Å². The molecule has 1 fully saturated rings. The van der Waals surface area contributed by atoms with Crippen molar-refractivity contribution in [1.29, 1.82) is 0 Å². The number of ether oxygens (including phenoxy) is 1. The fraction of sp³-hybridized carbons (Fsp3) is 0.429. The first-order valence-electron chi connectivity index (χ1n) is 6.14. The second-order valence-electron chi connectivity index (χ2n) is 4.63. The molecule has 0 atom stereocenters. The predicted molar refractivity (Wildman–Crippen MR) is 66.5 cm³/mol. The zero-order chi connectivity index (χ0) is 13.0. The normalized spacial score (nSPS) is 22.1. The van der Waals surface area contributed by atoms with E-state index in [1.165, 1.54) is 0 Å². The maximum absolute atomic E-state index is 11.7. The molecule has 1 aromatic rings. The number of rotatable bonds is 5. The van der Waals surface area contributed by atoms with Crippen LogP contribution >= 0.6 is 0 Å². The second kappa shape index (κ2) is 5.78. The lowest BCUT2D eigenvalue weighted by Crippen LogP contribution is -2.38. The van der Waals surface area contributed by atoms with Crippen LogP contribution in [0.1, 0.15) is 18.4 Å². The minimum Gasteiger partial charge on any atom is -0.461 e. The van der Waals surface area contributed by atoms with Crippen molar-refractivity contribution >= 4 is 11.8 Å². The molecule has 1 aliphatic carbocycles. The number of carbonyl (C=O) groups is 2. The highest BCUT2D eigenvalue weighted by Crippen LogP contribution is 2.35. The highest BCUT2D eigenvalue weighted by Gasteiger charge is 2.38. The first-order valence-corrected chi connectivity index (χ1v) is 6.14. The third-order valence-electron chi connectivity index (χ3n) is 3.35. The van der Waals surface area contributed by atoms with E-state index in [1.807, 2.05) is 30.3 Å². The van der Waals surface area contributed by atoms with Gasteiger partial charge in [0, 0.05) is 5.92 Å². The number of benzene rings is 1. The van der Waals surface area contributed by atoms with Crippen LogP contribution in [-0.4, -0.2) is 18.3 Å². The van der Waals surface area contributed by atoms with Gasteiger partial charge in [0.1, 0.15) is 12.4 Å². The summed E-state index contributed by atoms with van der Waals surface area (Å²) >= 11 is 0. The molecular weight excluding hydrogens is 230 g/mol. The Labute approximate surface area is 106 Å². The molecule has 1 saturated carbocycles. The minimum atomic E-state index is -0.208. The molecule has 0 heterocycles. The van der Waals surface area contributed by atoms with Crippen molar-refractivity contribution in [3.8, 4) is 0 Å². The Bertz CT molecular complexity index is 424. The standard InChI is InChI=1S/C14H17NO3/c15-8-13(16)11-6-12(7-11)14(17)18-9-10-4-2-1-3-5-10/h1-5,11-12H,6-9,15H2. The van der Waals surface area contributed by atoms with Gasteiger partial charge in [-0.1, -0.05) is 30.3 Å². The average Bonchev–Trinajstić information content (AvgIpc) is 2.35. The topological polar surface area (TPSA) is 69.4 Å². The summed E-state index contributed by atoms with van der Waals surface area (Å²) in [6.07, 6.45) is 1.17. The molecule has 0 radical (unpaired) electrons. The molecule has 1 aliphatic rings. The van der Waals surface area contributed by atoms with Crippen LogP contribution < -0.4 is 5.73 Å². The summed E-state index contributed by atoms with van der Waals surface area (Å²) < 4.78 is 5.21. The van der Waals surface area contributed by atoms with Gasteiger partial charge in [0.15, 0.2) is 0 Å². The molecule has 0 amide bonds. The lowest BCUT2D eigenvalue weighted by atomic mass is 9.73. The first kappa shape index (κ1) is 12.8. The molecule has 0 spiro atoms. The summed E-state index contributed by atoms with van der Waals surface area (Å²) in [6.45, 7) is 0.363. The van der Waals surface area contributed by atoms with E-state index in [-0.39, 0.29) is 30.1 Å². The molecule has 4 heteroatoms. The highest BCUT2D eigenvalue weighted by atomic mass is 16.5. The Balaban J connectivity index is 1.73. The van der Waals surface area contributed by atoms with Gasteiger partial charge < -0.3 is 10.5 Å². The predicted octanol–water partition coefficient (Wildman–Crippen LogP) is 1.28. The minimum absolute atomic E-state index is 0.0377. The van der Waals surface area contributed by atoms with E-state index in [4.69, 9.17) is 10.5 Å². The van der Waals surface area contributed by atoms with Crippen molar-refractivity contribution in [1.82, 2.24) is 0 Å². The van der Waals surface area contributed by atoms with E-state index in [2.05, 4.69) is 0 Å². The van der Waals surface area contributed by atoms with Crippen molar-refractivity contribution in [3.05, 3.63) is 35.9 Å². The fourth-order valence-corrected chi connectivity index (χ4v) is 2.09.